The molecule has 1 heteroatoms. The van der Waals surface area contributed by atoms with E-state index in [-0.39, 0.29) is 6.10 Å². The SMILES string of the molecule is CC(C)Oc1ccc[c]c1C1CC1. The Morgan fingerprint density at radius 1 is 1.46 bits per heavy atom. The lowest BCUT2D eigenvalue weighted by molar-refractivity contribution is 0.240. The molecule has 13 heavy (non-hydrogen) atoms. The first-order chi connectivity index (χ1) is 6.27. The fraction of sp³-hybridized carbons (Fsp3) is 0.500. The van der Waals surface area contributed by atoms with Crippen LogP contribution in [0.3, 0.4) is 0 Å². The van der Waals surface area contributed by atoms with Gasteiger partial charge in [0.1, 0.15) is 5.75 Å². The minimum Gasteiger partial charge on any atom is -0.491 e. The Balaban J connectivity index is 2.21. The molecule has 1 nitrogen and oxygen atoms in total. The van der Waals surface area contributed by atoms with Crippen LogP contribution in [0, 0.1) is 6.07 Å². The summed E-state index contributed by atoms with van der Waals surface area (Å²) in [6.45, 7) is 4.12. The Morgan fingerprint density at radius 3 is 2.85 bits per heavy atom. The summed E-state index contributed by atoms with van der Waals surface area (Å²) in [6, 6.07) is 9.29. The molecule has 1 aliphatic carbocycles. The summed E-state index contributed by atoms with van der Waals surface area (Å²) in [5.74, 6) is 1.75. The third-order valence-corrected chi connectivity index (χ3v) is 2.20. The molecule has 0 heterocycles. The van der Waals surface area contributed by atoms with E-state index in [1.165, 1.54) is 18.4 Å². The molecule has 0 aliphatic heterocycles. The highest BCUT2D eigenvalue weighted by Gasteiger charge is 2.26. The van der Waals surface area contributed by atoms with Crippen LogP contribution in [-0.2, 0) is 0 Å². The van der Waals surface area contributed by atoms with Crippen molar-refractivity contribution in [1.82, 2.24) is 0 Å². The van der Waals surface area contributed by atoms with Crippen molar-refractivity contribution < 1.29 is 4.74 Å². The molecule has 1 aromatic rings. The molecule has 1 radical (unpaired) electrons. The molecule has 0 saturated heterocycles. The summed E-state index contributed by atoms with van der Waals surface area (Å²) in [4.78, 5) is 0. The van der Waals surface area contributed by atoms with Gasteiger partial charge in [-0.3, -0.25) is 0 Å². The normalized spacial score (nSPS) is 16.2. The maximum Gasteiger partial charge on any atom is 0.123 e. The van der Waals surface area contributed by atoms with Crippen molar-refractivity contribution in [2.75, 3.05) is 0 Å². The highest BCUT2D eigenvalue weighted by atomic mass is 16.5. The molecule has 0 spiro atoms. The van der Waals surface area contributed by atoms with Crippen LogP contribution in [-0.4, -0.2) is 6.10 Å². The molecule has 1 saturated carbocycles. The van der Waals surface area contributed by atoms with Gasteiger partial charge in [-0.1, -0.05) is 12.1 Å². The second-order valence-corrected chi connectivity index (χ2v) is 3.89. The molecular weight excluding hydrogens is 160 g/mol. The van der Waals surface area contributed by atoms with Gasteiger partial charge in [0.15, 0.2) is 0 Å². The van der Waals surface area contributed by atoms with Gasteiger partial charge in [0.2, 0.25) is 0 Å². The molecule has 69 valence electrons. The molecule has 0 unspecified atom stereocenters. The third kappa shape index (κ3) is 2.03. The van der Waals surface area contributed by atoms with Crippen molar-refractivity contribution in [2.24, 2.45) is 0 Å². The predicted molar refractivity (Wildman–Crippen MR) is 53.0 cm³/mol. The molecule has 1 fully saturated rings. The van der Waals surface area contributed by atoms with E-state index in [1.807, 2.05) is 18.2 Å². The van der Waals surface area contributed by atoms with Crippen molar-refractivity contribution in [1.29, 1.82) is 0 Å². The number of benzene rings is 1. The molecule has 1 aromatic carbocycles. The first-order valence-electron chi connectivity index (χ1n) is 4.94. The minimum atomic E-state index is 0.258. The smallest absolute Gasteiger partial charge is 0.123 e. The van der Waals surface area contributed by atoms with Gasteiger partial charge in [-0.25, -0.2) is 0 Å². The lowest BCUT2D eigenvalue weighted by Gasteiger charge is -2.13. The van der Waals surface area contributed by atoms with Crippen molar-refractivity contribution >= 4 is 0 Å². The van der Waals surface area contributed by atoms with E-state index < -0.39 is 0 Å². The van der Waals surface area contributed by atoms with Crippen molar-refractivity contribution in [2.45, 2.75) is 38.7 Å². The van der Waals surface area contributed by atoms with Gasteiger partial charge in [0.05, 0.1) is 6.10 Å². The van der Waals surface area contributed by atoms with Crippen molar-refractivity contribution in [3.05, 3.63) is 29.8 Å². The van der Waals surface area contributed by atoms with E-state index in [4.69, 9.17) is 4.74 Å². The summed E-state index contributed by atoms with van der Waals surface area (Å²) < 4.78 is 5.72. The quantitative estimate of drug-likeness (QED) is 0.685. The molecule has 0 amide bonds. The van der Waals surface area contributed by atoms with Crippen molar-refractivity contribution in [3.63, 3.8) is 0 Å². The van der Waals surface area contributed by atoms with Crippen LogP contribution < -0.4 is 4.74 Å². The van der Waals surface area contributed by atoms with Gasteiger partial charge in [0, 0.05) is 5.56 Å². The minimum absolute atomic E-state index is 0.258. The topological polar surface area (TPSA) is 9.23 Å². The molecular formula is C12H15O. The van der Waals surface area contributed by atoms with Crippen LogP contribution in [0.5, 0.6) is 5.75 Å². The Morgan fingerprint density at radius 2 is 2.23 bits per heavy atom. The summed E-state index contributed by atoms with van der Waals surface area (Å²) in [7, 11) is 0. The second-order valence-electron chi connectivity index (χ2n) is 3.89. The molecule has 0 aromatic heterocycles. The summed E-state index contributed by atoms with van der Waals surface area (Å²) in [5, 5.41) is 0. The monoisotopic (exact) mass is 175 g/mol. The zero-order valence-corrected chi connectivity index (χ0v) is 8.21. The molecule has 0 bridgehead atoms. The number of ether oxygens (including phenoxy) is 1. The van der Waals surface area contributed by atoms with Crippen LogP contribution in [0.25, 0.3) is 0 Å². The van der Waals surface area contributed by atoms with E-state index in [0.29, 0.717) is 0 Å². The predicted octanol–water partition coefficient (Wildman–Crippen LogP) is 3.15. The fourth-order valence-corrected chi connectivity index (χ4v) is 1.48. The molecule has 1 aliphatic rings. The first-order valence-corrected chi connectivity index (χ1v) is 4.94. The first kappa shape index (κ1) is 8.61. The number of rotatable bonds is 3. The number of hydrogen-bond acceptors (Lipinski definition) is 1. The Kier molecular flexibility index (Phi) is 2.26. The molecule has 0 atom stereocenters. The average molecular weight is 175 g/mol. The van der Waals surface area contributed by atoms with Crippen LogP contribution in [0.15, 0.2) is 18.2 Å². The van der Waals surface area contributed by atoms with Gasteiger partial charge < -0.3 is 4.74 Å². The summed E-state index contributed by atoms with van der Waals surface area (Å²) in [6.07, 6.45) is 2.86. The summed E-state index contributed by atoms with van der Waals surface area (Å²) in [5.41, 5.74) is 1.27. The molecule has 0 N–H and O–H groups in total. The Labute approximate surface area is 79.7 Å². The maximum absolute atomic E-state index is 5.72. The van der Waals surface area contributed by atoms with Gasteiger partial charge in [-0.05, 0) is 44.7 Å². The van der Waals surface area contributed by atoms with Gasteiger partial charge in [-0.2, -0.15) is 0 Å². The standard InChI is InChI=1S/C12H15O/c1-9(2)13-12-6-4-3-5-11(12)10-7-8-10/h3-4,6,9-10H,7-8H2,1-2H3. The van der Waals surface area contributed by atoms with Crippen LogP contribution in [0.1, 0.15) is 38.2 Å². The maximum atomic E-state index is 5.72. The van der Waals surface area contributed by atoms with E-state index in [9.17, 15) is 0 Å². The van der Waals surface area contributed by atoms with E-state index >= 15 is 0 Å². The zero-order valence-electron chi connectivity index (χ0n) is 8.21. The average Bonchev–Trinajstić information content (AvgIpc) is 2.87. The Bertz CT molecular complexity index is 287. The van der Waals surface area contributed by atoms with E-state index in [1.54, 1.807) is 0 Å². The Hall–Kier alpha value is -0.980. The third-order valence-electron chi connectivity index (χ3n) is 2.20. The van der Waals surface area contributed by atoms with E-state index in [2.05, 4.69) is 19.9 Å². The van der Waals surface area contributed by atoms with Crippen LogP contribution in [0.4, 0.5) is 0 Å². The van der Waals surface area contributed by atoms with Gasteiger partial charge in [0.25, 0.3) is 0 Å². The van der Waals surface area contributed by atoms with Gasteiger partial charge >= 0.3 is 0 Å². The zero-order chi connectivity index (χ0) is 9.26. The second kappa shape index (κ2) is 3.41. The lowest BCUT2D eigenvalue weighted by Crippen LogP contribution is -2.07. The largest absolute Gasteiger partial charge is 0.491 e. The van der Waals surface area contributed by atoms with Crippen LogP contribution in [0.2, 0.25) is 0 Å². The van der Waals surface area contributed by atoms with E-state index in [0.717, 1.165) is 11.7 Å². The summed E-state index contributed by atoms with van der Waals surface area (Å²) >= 11 is 0. The fourth-order valence-electron chi connectivity index (χ4n) is 1.48. The molecule has 2 rings (SSSR count). The van der Waals surface area contributed by atoms with Gasteiger partial charge in [-0.15, -0.1) is 0 Å². The number of hydrogen-bond donors (Lipinski definition) is 0. The highest BCUT2D eigenvalue weighted by Crippen LogP contribution is 2.43. The lowest BCUT2D eigenvalue weighted by atomic mass is 10.1. The highest BCUT2D eigenvalue weighted by molar-refractivity contribution is 5.37. The van der Waals surface area contributed by atoms with Crippen LogP contribution >= 0.6 is 0 Å². The van der Waals surface area contributed by atoms with Crippen molar-refractivity contribution in [3.8, 4) is 5.75 Å².